The molecule has 0 aliphatic carbocycles. The second-order valence-corrected chi connectivity index (χ2v) is 4.52. The minimum atomic E-state index is -0.0686. The normalized spacial score (nSPS) is 10.4. The van der Waals surface area contributed by atoms with E-state index in [1.165, 1.54) is 11.6 Å². The number of pyridine rings is 1. The number of hydrogen-bond donors (Lipinski definition) is 0. The van der Waals surface area contributed by atoms with E-state index in [2.05, 4.69) is 32.0 Å². The van der Waals surface area contributed by atoms with Crippen LogP contribution in [0.5, 0.6) is 5.75 Å². The van der Waals surface area contributed by atoms with Crippen molar-refractivity contribution in [2.24, 2.45) is 7.05 Å². The summed E-state index contributed by atoms with van der Waals surface area (Å²) in [6, 6.07) is 7.79. The van der Waals surface area contributed by atoms with E-state index in [4.69, 9.17) is 4.74 Å². The number of nitrogens with zero attached hydrogens (tertiary/aromatic N) is 1. The molecule has 0 spiro atoms. The summed E-state index contributed by atoms with van der Waals surface area (Å²) in [7, 11) is 3.33. The molecule has 0 saturated carbocycles. The monoisotopic (exact) mass is 243 g/mol. The lowest BCUT2D eigenvalue weighted by Gasteiger charge is -2.13. The number of methoxy groups -OCH3 is 1. The van der Waals surface area contributed by atoms with Crippen molar-refractivity contribution in [3.05, 3.63) is 51.9 Å². The minimum absolute atomic E-state index is 0.0686. The van der Waals surface area contributed by atoms with E-state index in [9.17, 15) is 4.79 Å². The summed E-state index contributed by atoms with van der Waals surface area (Å²) in [6.45, 7) is 4.11. The van der Waals surface area contributed by atoms with Crippen LogP contribution in [-0.4, -0.2) is 11.7 Å². The zero-order valence-electron chi connectivity index (χ0n) is 11.2. The van der Waals surface area contributed by atoms with Crippen molar-refractivity contribution in [3.8, 4) is 16.9 Å². The van der Waals surface area contributed by atoms with Gasteiger partial charge in [-0.05, 0) is 25.0 Å². The van der Waals surface area contributed by atoms with Crippen molar-refractivity contribution in [3.63, 3.8) is 0 Å². The highest BCUT2D eigenvalue weighted by atomic mass is 16.5. The van der Waals surface area contributed by atoms with Crippen molar-refractivity contribution in [1.29, 1.82) is 0 Å². The highest BCUT2D eigenvalue weighted by Gasteiger charge is 2.10. The van der Waals surface area contributed by atoms with Crippen LogP contribution in [0.25, 0.3) is 11.1 Å². The SMILES string of the molecule is COc1cc(=O)n(C)cc1-c1cc(C)ccc1C. The number of rotatable bonds is 2. The van der Waals surface area contributed by atoms with E-state index >= 15 is 0 Å². The van der Waals surface area contributed by atoms with Gasteiger partial charge in [0.05, 0.1) is 7.11 Å². The van der Waals surface area contributed by atoms with E-state index in [1.807, 2.05) is 6.20 Å². The Morgan fingerprint density at radius 2 is 1.83 bits per heavy atom. The van der Waals surface area contributed by atoms with Crippen molar-refractivity contribution in [2.75, 3.05) is 7.11 Å². The first-order valence-electron chi connectivity index (χ1n) is 5.85. The first kappa shape index (κ1) is 12.4. The molecule has 0 radical (unpaired) electrons. The number of ether oxygens (including phenoxy) is 1. The van der Waals surface area contributed by atoms with Gasteiger partial charge in [-0.15, -0.1) is 0 Å². The summed E-state index contributed by atoms with van der Waals surface area (Å²) < 4.78 is 6.89. The Balaban J connectivity index is 2.73. The lowest BCUT2D eigenvalue weighted by Crippen LogP contribution is -2.15. The van der Waals surface area contributed by atoms with Crippen molar-refractivity contribution in [1.82, 2.24) is 4.57 Å². The molecule has 0 atom stereocenters. The number of hydrogen-bond acceptors (Lipinski definition) is 2. The zero-order chi connectivity index (χ0) is 13.3. The van der Waals surface area contributed by atoms with Crippen LogP contribution >= 0.6 is 0 Å². The third-order valence-corrected chi connectivity index (χ3v) is 3.09. The van der Waals surface area contributed by atoms with Crippen molar-refractivity contribution >= 4 is 0 Å². The number of aromatic nitrogens is 1. The first-order valence-corrected chi connectivity index (χ1v) is 5.85. The van der Waals surface area contributed by atoms with E-state index in [-0.39, 0.29) is 5.56 Å². The molecule has 0 bridgehead atoms. The third kappa shape index (κ3) is 2.16. The van der Waals surface area contributed by atoms with Gasteiger partial charge in [0.25, 0.3) is 5.56 Å². The Hall–Kier alpha value is -2.03. The quantitative estimate of drug-likeness (QED) is 0.812. The lowest BCUT2D eigenvalue weighted by atomic mass is 9.99. The zero-order valence-corrected chi connectivity index (χ0v) is 11.2. The summed E-state index contributed by atoms with van der Waals surface area (Å²) in [5.41, 5.74) is 4.33. The van der Waals surface area contributed by atoms with Gasteiger partial charge in [0, 0.05) is 24.9 Å². The number of benzene rings is 1. The highest BCUT2D eigenvalue weighted by Crippen LogP contribution is 2.31. The minimum Gasteiger partial charge on any atom is -0.496 e. The van der Waals surface area contributed by atoms with Gasteiger partial charge < -0.3 is 9.30 Å². The molecule has 2 aromatic rings. The predicted octanol–water partition coefficient (Wildman–Crippen LogP) is 2.68. The average Bonchev–Trinajstić information content (AvgIpc) is 2.35. The Morgan fingerprint density at radius 3 is 2.50 bits per heavy atom. The highest BCUT2D eigenvalue weighted by molar-refractivity contribution is 5.73. The smallest absolute Gasteiger partial charge is 0.254 e. The summed E-state index contributed by atoms with van der Waals surface area (Å²) in [5, 5.41) is 0. The first-order chi connectivity index (χ1) is 8.52. The molecule has 0 saturated heterocycles. The largest absolute Gasteiger partial charge is 0.496 e. The van der Waals surface area contributed by atoms with Gasteiger partial charge in [0.2, 0.25) is 0 Å². The Kier molecular flexibility index (Phi) is 3.24. The molecule has 0 aliphatic heterocycles. The molecule has 1 heterocycles. The molecular formula is C15H17NO2. The maximum absolute atomic E-state index is 11.6. The molecule has 3 heteroatoms. The molecule has 3 nitrogen and oxygen atoms in total. The third-order valence-electron chi connectivity index (χ3n) is 3.09. The van der Waals surface area contributed by atoms with Gasteiger partial charge in [0.1, 0.15) is 5.75 Å². The van der Waals surface area contributed by atoms with Crippen LogP contribution in [0.3, 0.4) is 0 Å². The molecule has 0 unspecified atom stereocenters. The van der Waals surface area contributed by atoms with Gasteiger partial charge in [-0.3, -0.25) is 4.79 Å². The average molecular weight is 243 g/mol. The van der Waals surface area contributed by atoms with Gasteiger partial charge in [0.15, 0.2) is 0 Å². The maximum Gasteiger partial charge on any atom is 0.254 e. The van der Waals surface area contributed by atoms with E-state index in [1.54, 1.807) is 18.7 Å². The van der Waals surface area contributed by atoms with Crippen LogP contribution in [-0.2, 0) is 7.05 Å². The van der Waals surface area contributed by atoms with Crippen LogP contribution in [0, 0.1) is 13.8 Å². The van der Waals surface area contributed by atoms with Crippen molar-refractivity contribution < 1.29 is 4.74 Å². The Morgan fingerprint density at radius 1 is 1.11 bits per heavy atom. The van der Waals surface area contributed by atoms with Crippen LogP contribution in [0.15, 0.2) is 35.3 Å². The molecule has 2 rings (SSSR count). The summed E-state index contributed by atoms with van der Waals surface area (Å²) in [4.78, 5) is 11.6. The lowest BCUT2D eigenvalue weighted by molar-refractivity contribution is 0.414. The van der Waals surface area contributed by atoms with E-state index in [0.29, 0.717) is 5.75 Å². The molecular weight excluding hydrogens is 226 g/mol. The summed E-state index contributed by atoms with van der Waals surface area (Å²) in [6.07, 6.45) is 1.82. The molecule has 0 amide bonds. The van der Waals surface area contributed by atoms with Gasteiger partial charge in [-0.1, -0.05) is 23.8 Å². The van der Waals surface area contributed by atoms with E-state index in [0.717, 1.165) is 16.7 Å². The van der Waals surface area contributed by atoms with Gasteiger partial charge in [-0.25, -0.2) is 0 Å². The van der Waals surface area contributed by atoms with Crippen LogP contribution in [0.4, 0.5) is 0 Å². The second-order valence-electron chi connectivity index (χ2n) is 4.52. The predicted molar refractivity (Wildman–Crippen MR) is 73.1 cm³/mol. The van der Waals surface area contributed by atoms with E-state index < -0.39 is 0 Å². The Labute approximate surface area is 107 Å². The standard InChI is InChI=1S/C15H17NO2/c1-10-5-6-11(2)12(7-10)13-9-16(3)15(17)8-14(13)18-4/h5-9H,1-4H3. The molecule has 1 aromatic carbocycles. The second kappa shape index (κ2) is 4.69. The molecule has 1 aromatic heterocycles. The fourth-order valence-electron chi connectivity index (χ4n) is 2.01. The van der Waals surface area contributed by atoms with Gasteiger partial charge in [-0.2, -0.15) is 0 Å². The van der Waals surface area contributed by atoms with Crippen molar-refractivity contribution in [2.45, 2.75) is 13.8 Å². The summed E-state index contributed by atoms with van der Waals surface area (Å²) in [5.74, 6) is 0.617. The topological polar surface area (TPSA) is 31.2 Å². The fourth-order valence-corrected chi connectivity index (χ4v) is 2.01. The molecule has 0 aliphatic rings. The number of aryl methyl sites for hydroxylation is 3. The molecule has 0 N–H and O–H groups in total. The summed E-state index contributed by atoms with van der Waals surface area (Å²) >= 11 is 0. The molecule has 94 valence electrons. The molecule has 0 fully saturated rings. The van der Waals surface area contributed by atoms with Crippen LogP contribution in [0.1, 0.15) is 11.1 Å². The molecule has 18 heavy (non-hydrogen) atoms. The fraction of sp³-hybridized carbons (Fsp3) is 0.267. The van der Waals surface area contributed by atoms with Crippen LogP contribution in [0.2, 0.25) is 0 Å². The van der Waals surface area contributed by atoms with Crippen LogP contribution < -0.4 is 10.3 Å². The Bertz CT molecular complexity index is 641. The van der Waals surface area contributed by atoms with Gasteiger partial charge >= 0.3 is 0 Å². The maximum atomic E-state index is 11.6.